The summed E-state index contributed by atoms with van der Waals surface area (Å²) in [5.41, 5.74) is 4.71. The fourth-order valence-corrected chi connectivity index (χ4v) is 6.54. The standard InChI is InChI=1S/C33H34FN3O5S/c1-7-9-26-29(32(39)42-8-2)30(25-18-24(40-5)14-15-27(25)41-6)37-31(38)28(43-33(37)35-26)17-21-16-19(3)36(20(21)4)23-12-10-22(34)11-13-23/h10-18,30H,7-9H2,1-6H3/b28-17-/t30-/m1/s1. The summed E-state index contributed by atoms with van der Waals surface area (Å²) in [6.45, 7) is 7.86. The number of fused-ring (bicyclic) bond motifs is 1. The second-order valence-corrected chi connectivity index (χ2v) is 11.2. The Balaban J connectivity index is 1.76. The topological polar surface area (TPSA) is 84.0 Å². The Bertz CT molecular complexity index is 1900. The number of allylic oxidation sites excluding steroid dienone is 1. The molecule has 0 radical (unpaired) electrons. The Labute approximate surface area is 253 Å². The Morgan fingerprint density at radius 3 is 2.47 bits per heavy atom. The monoisotopic (exact) mass is 603 g/mol. The molecule has 2 aromatic heterocycles. The predicted molar refractivity (Wildman–Crippen MR) is 164 cm³/mol. The first-order valence-corrected chi connectivity index (χ1v) is 14.9. The van der Waals surface area contributed by atoms with Crippen molar-refractivity contribution in [3.63, 3.8) is 0 Å². The van der Waals surface area contributed by atoms with E-state index in [0.717, 1.165) is 29.1 Å². The number of halogens is 1. The quantitative estimate of drug-likeness (QED) is 0.248. The van der Waals surface area contributed by atoms with Crippen LogP contribution in [0, 0.1) is 19.7 Å². The normalized spacial score (nSPS) is 14.9. The van der Waals surface area contributed by atoms with Gasteiger partial charge in [0.25, 0.3) is 5.56 Å². The average molecular weight is 604 g/mol. The van der Waals surface area contributed by atoms with Gasteiger partial charge in [0.1, 0.15) is 23.4 Å². The number of aromatic nitrogens is 2. The van der Waals surface area contributed by atoms with Crippen molar-refractivity contribution in [1.82, 2.24) is 9.13 Å². The van der Waals surface area contributed by atoms with Crippen LogP contribution >= 0.6 is 11.3 Å². The number of carbonyl (C=O) groups is 1. The first-order valence-electron chi connectivity index (χ1n) is 14.1. The molecule has 8 nitrogen and oxygen atoms in total. The molecule has 224 valence electrons. The molecule has 2 aromatic carbocycles. The highest BCUT2D eigenvalue weighted by atomic mass is 32.1. The Hall–Kier alpha value is -4.44. The number of nitrogens with zero attached hydrogens (tertiary/aromatic N) is 3. The molecule has 10 heteroatoms. The van der Waals surface area contributed by atoms with Crippen LogP contribution in [0.15, 0.2) is 69.6 Å². The molecule has 1 aliphatic rings. The maximum absolute atomic E-state index is 14.2. The highest BCUT2D eigenvalue weighted by Gasteiger charge is 2.36. The molecule has 0 saturated heterocycles. The van der Waals surface area contributed by atoms with E-state index in [1.807, 2.05) is 37.5 Å². The SMILES string of the molecule is CCCC1=C(C(=O)OCC)[C@@H](c2cc(OC)ccc2OC)n2c(s/c(=C\c3cc(C)n(-c4ccc(F)cc4)c3C)c2=O)=N1. The minimum Gasteiger partial charge on any atom is -0.497 e. The lowest BCUT2D eigenvalue weighted by Crippen LogP contribution is -2.40. The van der Waals surface area contributed by atoms with Gasteiger partial charge in [-0.2, -0.15) is 0 Å². The molecule has 0 spiro atoms. The van der Waals surface area contributed by atoms with Gasteiger partial charge in [0.05, 0.1) is 36.6 Å². The van der Waals surface area contributed by atoms with E-state index < -0.39 is 12.0 Å². The summed E-state index contributed by atoms with van der Waals surface area (Å²) in [4.78, 5) is 33.1. The second-order valence-electron chi connectivity index (χ2n) is 10.2. The molecule has 0 fully saturated rings. The first kappa shape index (κ1) is 30.0. The molecule has 1 atom stereocenters. The number of methoxy groups -OCH3 is 2. The average Bonchev–Trinajstić information content (AvgIpc) is 3.46. The Morgan fingerprint density at radius 1 is 1.07 bits per heavy atom. The third-order valence-corrected chi connectivity index (χ3v) is 8.45. The number of carbonyl (C=O) groups excluding carboxylic acids is 1. The van der Waals surface area contributed by atoms with Gasteiger partial charge in [-0.05, 0) is 87.4 Å². The summed E-state index contributed by atoms with van der Waals surface area (Å²) < 4.78 is 34.3. The highest BCUT2D eigenvalue weighted by molar-refractivity contribution is 7.07. The van der Waals surface area contributed by atoms with Crippen LogP contribution in [0.3, 0.4) is 0 Å². The van der Waals surface area contributed by atoms with Gasteiger partial charge in [-0.15, -0.1) is 0 Å². The minimum atomic E-state index is -0.837. The molecule has 0 amide bonds. The molecular weight excluding hydrogens is 569 g/mol. The second kappa shape index (κ2) is 12.4. The van der Waals surface area contributed by atoms with E-state index in [0.29, 0.717) is 44.1 Å². The van der Waals surface area contributed by atoms with Crippen molar-refractivity contribution in [3.8, 4) is 17.2 Å². The van der Waals surface area contributed by atoms with Crippen LogP contribution in [0.5, 0.6) is 11.5 Å². The fourth-order valence-electron chi connectivity index (χ4n) is 5.53. The number of hydrogen-bond donors (Lipinski definition) is 0. The van der Waals surface area contributed by atoms with Crippen LogP contribution in [0.25, 0.3) is 11.8 Å². The molecule has 0 N–H and O–H groups in total. The van der Waals surface area contributed by atoms with Crippen LogP contribution in [0.1, 0.15) is 55.2 Å². The zero-order valence-corrected chi connectivity index (χ0v) is 25.9. The number of benzene rings is 2. The van der Waals surface area contributed by atoms with Gasteiger partial charge in [0.2, 0.25) is 0 Å². The van der Waals surface area contributed by atoms with E-state index in [4.69, 9.17) is 19.2 Å². The van der Waals surface area contributed by atoms with Crippen LogP contribution in [0.4, 0.5) is 4.39 Å². The van der Waals surface area contributed by atoms with E-state index >= 15 is 0 Å². The summed E-state index contributed by atoms with van der Waals surface area (Å²) in [6, 6.07) is 12.8. The number of ether oxygens (including phenoxy) is 3. The predicted octanol–water partition coefficient (Wildman–Crippen LogP) is 5.14. The van der Waals surface area contributed by atoms with Crippen molar-refractivity contribution >= 4 is 23.4 Å². The number of rotatable bonds is 9. The van der Waals surface area contributed by atoms with Gasteiger partial charge >= 0.3 is 5.97 Å². The molecule has 43 heavy (non-hydrogen) atoms. The van der Waals surface area contributed by atoms with Crippen LogP contribution < -0.4 is 24.4 Å². The lowest BCUT2D eigenvalue weighted by Gasteiger charge is -2.27. The summed E-state index contributed by atoms with van der Waals surface area (Å²) >= 11 is 1.27. The van der Waals surface area contributed by atoms with Crippen molar-refractivity contribution in [2.75, 3.05) is 20.8 Å². The molecule has 1 aliphatic heterocycles. The molecule has 4 aromatic rings. The van der Waals surface area contributed by atoms with E-state index in [1.54, 1.807) is 56.0 Å². The number of hydrogen-bond acceptors (Lipinski definition) is 7. The van der Waals surface area contributed by atoms with E-state index in [-0.39, 0.29) is 18.0 Å². The van der Waals surface area contributed by atoms with Crippen LogP contribution in [-0.4, -0.2) is 35.9 Å². The lowest BCUT2D eigenvalue weighted by molar-refractivity contribution is -0.139. The number of thiazole rings is 1. The Morgan fingerprint density at radius 2 is 1.81 bits per heavy atom. The van der Waals surface area contributed by atoms with Crippen molar-refractivity contribution in [2.24, 2.45) is 4.99 Å². The molecule has 0 unspecified atom stereocenters. The van der Waals surface area contributed by atoms with E-state index in [2.05, 4.69) is 0 Å². The van der Waals surface area contributed by atoms with E-state index in [9.17, 15) is 14.0 Å². The van der Waals surface area contributed by atoms with E-state index in [1.165, 1.54) is 23.5 Å². The van der Waals surface area contributed by atoms with Crippen molar-refractivity contribution < 1.29 is 23.4 Å². The lowest BCUT2D eigenvalue weighted by atomic mass is 9.93. The van der Waals surface area contributed by atoms with Crippen molar-refractivity contribution in [2.45, 2.75) is 46.6 Å². The molecule has 5 rings (SSSR count). The molecule has 3 heterocycles. The largest absolute Gasteiger partial charge is 0.497 e. The van der Waals surface area contributed by atoms with Crippen LogP contribution in [0.2, 0.25) is 0 Å². The van der Waals surface area contributed by atoms with Gasteiger partial charge < -0.3 is 18.8 Å². The molecule has 0 aliphatic carbocycles. The molecule has 0 bridgehead atoms. The highest BCUT2D eigenvalue weighted by Crippen LogP contribution is 2.38. The smallest absolute Gasteiger partial charge is 0.338 e. The van der Waals surface area contributed by atoms with Crippen molar-refractivity contribution in [3.05, 3.63) is 108 Å². The summed E-state index contributed by atoms with van der Waals surface area (Å²) in [5, 5.41) is 0. The molecular formula is C33H34FN3O5S. The maximum atomic E-state index is 14.2. The number of esters is 1. The fraction of sp³-hybridized carbons (Fsp3) is 0.303. The van der Waals surface area contributed by atoms with Gasteiger partial charge in [0, 0.05) is 22.6 Å². The maximum Gasteiger partial charge on any atom is 0.338 e. The molecule has 0 saturated carbocycles. The third kappa shape index (κ3) is 5.54. The summed E-state index contributed by atoms with van der Waals surface area (Å²) in [6.07, 6.45) is 3.12. The third-order valence-electron chi connectivity index (χ3n) is 7.47. The number of aryl methyl sites for hydroxylation is 1. The van der Waals surface area contributed by atoms with Gasteiger partial charge in [-0.25, -0.2) is 14.2 Å². The first-order chi connectivity index (χ1) is 20.7. The zero-order valence-electron chi connectivity index (χ0n) is 25.1. The van der Waals surface area contributed by atoms with Gasteiger partial charge in [0.15, 0.2) is 4.80 Å². The van der Waals surface area contributed by atoms with Gasteiger partial charge in [-0.3, -0.25) is 9.36 Å². The minimum absolute atomic E-state index is 0.178. The summed E-state index contributed by atoms with van der Waals surface area (Å²) in [5.74, 6) is 0.229. The van der Waals surface area contributed by atoms with Gasteiger partial charge in [-0.1, -0.05) is 24.7 Å². The van der Waals surface area contributed by atoms with Crippen molar-refractivity contribution in [1.29, 1.82) is 0 Å². The zero-order chi connectivity index (χ0) is 30.8. The summed E-state index contributed by atoms with van der Waals surface area (Å²) in [7, 11) is 3.11. The van der Waals surface area contributed by atoms with Crippen LogP contribution in [-0.2, 0) is 9.53 Å². The Kier molecular flexibility index (Phi) is 8.68.